The predicted octanol–water partition coefficient (Wildman–Crippen LogP) is 6.34. The summed E-state index contributed by atoms with van der Waals surface area (Å²) in [6, 6.07) is 15.0. The van der Waals surface area contributed by atoms with Crippen molar-refractivity contribution in [2.24, 2.45) is 0 Å². The highest BCUT2D eigenvalue weighted by Crippen LogP contribution is 2.34. The second kappa shape index (κ2) is 6.96. The highest BCUT2D eigenvalue weighted by atomic mass is 32.1. The molecule has 1 aliphatic rings. The van der Waals surface area contributed by atoms with Gasteiger partial charge in [0.05, 0.1) is 10.6 Å². The van der Waals surface area contributed by atoms with E-state index >= 15 is 0 Å². The SMILES string of the molecule is O=C(Nc1ccc(C2CCCCC2)cc1F)c1cc2ccccc2s1. The largest absolute Gasteiger partial charge is 0.319 e. The quantitative estimate of drug-likeness (QED) is 0.585. The molecule has 1 fully saturated rings. The Morgan fingerprint density at radius 3 is 2.60 bits per heavy atom. The predicted molar refractivity (Wildman–Crippen MR) is 102 cm³/mol. The molecule has 1 heterocycles. The number of hydrogen-bond donors (Lipinski definition) is 1. The number of carbonyl (C=O) groups excluding carboxylic acids is 1. The summed E-state index contributed by atoms with van der Waals surface area (Å²) in [6.07, 6.45) is 5.98. The summed E-state index contributed by atoms with van der Waals surface area (Å²) in [5.74, 6) is -0.154. The third-order valence-electron chi connectivity index (χ3n) is 4.97. The van der Waals surface area contributed by atoms with E-state index < -0.39 is 0 Å². The molecule has 1 aromatic heterocycles. The van der Waals surface area contributed by atoms with Crippen molar-refractivity contribution >= 4 is 33.0 Å². The summed E-state index contributed by atoms with van der Waals surface area (Å²) in [5.41, 5.74) is 1.30. The molecule has 0 saturated heterocycles. The zero-order chi connectivity index (χ0) is 17.2. The molecule has 128 valence electrons. The first-order chi connectivity index (χ1) is 12.2. The number of halogens is 1. The van der Waals surface area contributed by atoms with E-state index in [1.165, 1.54) is 30.6 Å². The summed E-state index contributed by atoms with van der Waals surface area (Å²) in [6.45, 7) is 0. The molecule has 0 aliphatic heterocycles. The fourth-order valence-corrected chi connectivity index (χ4v) is 4.56. The summed E-state index contributed by atoms with van der Waals surface area (Å²) < 4.78 is 15.5. The molecule has 1 aliphatic carbocycles. The molecule has 0 unspecified atom stereocenters. The minimum Gasteiger partial charge on any atom is -0.319 e. The van der Waals surface area contributed by atoms with Crippen LogP contribution in [0.25, 0.3) is 10.1 Å². The van der Waals surface area contributed by atoms with Gasteiger partial charge in [-0.05, 0) is 54.0 Å². The number of anilines is 1. The van der Waals surface area contributed by atoms with Crippen LogP contribution in [0.4, 0.5) is 10.1 Å². The number of benzene rings is 2. The van der Waals surface area contributed by atoms with Crippen molar-refractivity contribution in [3.05, 3.63) is 64.8 Å². The van der Waals surface area contributed by atoms with Gasteiger partial charge in [0.25, 0.3) is 5.91 Å². The van der Waals surface area contributed by atoms with E-state index in [9.17, 15) is 9.18 Å². The summed E-state index contributed by atoms with van der Waals surface area (Å²) in [4.78, 5) is 13.0. The zero-order valence-corrected chi connectivity index (χ0v) is 14.7. The normalized spacial score (nSPS) is 15.4. The van der Waals surface area contributed by atoms with Crippen molar-refractivity contribution in [3.63, 3.8) is 0 Å². The molecule has 4 rings (SSSR count). The number of hydrogen-bond acceptors (Lipinski definition) is 2. The fourth-order valence-electron chi connectivity index (χ4n) is 3.60. The van der Waals surface area contributed by atoms with Crippen molar-refractivity contribution < 1.29 is 9.18 Å². The second-order valence-electron chi connectivity index (χ2n) is 6.68. The third kappa shape index (κ3) is 3.45. The molecule has 1 saturated carbocycles. The topological polar surface area (TPSA) is 29.1 Å². The van der Waals surface area contributed by atoms with E-state index in [2.05, 4.69) is 5.32 Å². The maximum absolute atomic E-state index is 14.5. The molecule has 25 heavy (non-hydrogen) atoms. The standard InChI is InChI=1S/C21H20FNOS/c22-17-12-15(14-6-2-1-3-7-14)10-11-18(17)23-21(24)20-13-16-8-4-5-9-19(16)25-20/h4-5,8-14H,1-3,6-7H2,(H,23,24). The first-order valence-corrected chi connectivity index (χ1v) is 9.62. The van der Waals surface area contributed by atoms with Crippen LogP contribution in [0.1, 0.15) is 53.3 Å². The zero-order valence-electron chi connectivity index (χ0n) is 13.9. The van der Waals surface area contributed by atoms with Crippen LogP contribution in [-0.2, 0) is 0 Å². The Hall–Kier alpha value is -2.20. The Morgan fingerprint density at radius 2 is 1.84 bits per heavy atom. The smallest absolute Gasteiger partial charge is 0.265 e. The van der Waals surface area contributed by atoms with Gasteiger partial charge in [-0.1, -0.05) is 43.5 Å². The number of nitrogens with one attached hydrogen (secondary N) is 1. The van der Waals surface area contributed by atoms with Crippen LogP contribution in [0.15, 0.2) is 48.5 Å². The molecular formula is C21H20FNOS. The van der Waals surface area contributed by atoms with Gasteiger partial charge in [-0.15, -0.1) is 11.3 Å². The van der Waals surface area contributed by atoms with Gasteiger partial charge in [0.15, 0.2) is 0 Å². The van der Waals surface area contributed by atoms with E-state index in [0.29, 0.717) is 10.8 Å². The molecule has 4 heteroatoms. The summed E-state index contributed by atoms with van der Waals surface area (Å²) >= 11 is 1.42. The average Bonchev–Trinajstić information content (AvgIpc) is 3.08. The van der Waals surface area contributed by atoms with Gasteiger partial charge in [0, 0.05) is 4.70 Å². The van der Waals surface area contributed by atoms with Crippen LogP contribution in [0.5, 0.6) is 0 Å². The van der Waals surface area contributed by atoms with Gasteiger partial charge in [0.1, 0.15) is 5.82 Å². The molecule has 0 spiro atoms. The molecule has 3 aromatic rings. The number of fused-ring (bicyclic) bond motifs is 1. The minimum atomic E-state index is -0.350. The lowest BCUT2D eigenvalue weighted by atomic mass is 9.84. The number of thiophene rings is 1. The molecule has 1 N–H and O–H groups in total. The maximum atomic E-state index is 14.5. The van der Waals surface area contributed by atoms with E-state index in [0.717, 1.165) is 28.5 Å². The lowest BCUT2D eigenvalue weighted by Crippen LogP contribution is -2.12. The number of amides is 1. The van der Waals surface area contributed by atoms with E-state index in [1.54, 1.807) is 12.1 Å². The van der Waals surface area contributed by atoms with Gasteiger partial charge in [-0.25, -0.2) is 4.39 Å². The van der Waals surface area contributed by atoms with Gasteiger partial charge < -0.3 is 5.32 Å². The Kier molecular flexibility index (Phi) is 4.53. The Bertz CT molecular complexity index is 878. The lowest BCUT2D eigenvalue weighted by molar-refractivity contribution is 0.103. The summed E-state index contributed by atoms with van der Waals surface area (Å²) in [7, 11) is 0. The summed E-state index contributed by atoms with van der Waals surface area (Å²) in [5, 5.41) is 3.75. The van der Waals surface area contributed by atoms with Crippen LogP contribution >= 0.6 is 11.3 Å². The van der Waals surface area contributed by atoms with Gasteiger partial charge in [-0.3, -0.25) is 4.79 Å². The molecule has 1 amide bonds. The van der Waals surface area contributed by atoms with E-state index in [1.807, 2.05) is 36.4 Å². The van der Waals surface area contributed by atoms with Crippen molar-refractivity contribution in [1.82, 2.24) is 0 Å². The molecule has 0 atom stereocenters. The van der Waals surface area contributed by atoms with Crippen LogP contribution in [0.3, 0.4) is 0 Å². The van der Waals surface area contributed by atoms with Crippen LogP contribution in [0, 0.1) is 5.82 Å². The highest BCUT2D eigenvalue weighted by Gasteiger charge is 2.18. The van der Waals surface area contributed by atoms with Crippen molar-refractivity contribution in [2.45, 2.75) is 38.0 Å². The Labute approximate surface area is 150 Å². The fraction of sp³-hybridized carbons (Fsp3) is 0.286. The molecule has 0 radical (unpaired) electrons. The average molecular weight is 353 g/mol. The van der Waals surface area contributed by atoms with Gasteiger partial charge >= 0.3 is 0 Å². The second-order valence-corrected chi connectivity index (χ2v) is 7.76. The minimum absolute atomic E-state index is 0.252. The van der Waals surface area contributed by atoms with Crippen molar-refractivity contribution in [2.75, 3.05) is 5.32 Å². The Morgan fingerprint density at radius 1 is 1.04 bits per heavy atom. The van der Waals surface area contributed by atoms with Crippen LogP contribution < -0.4 is 5.32 Å². The van der Waals surface area contributed by atoms with Crippen molar-refractivity contribution in [1.29, 1.82) is 0 Å². The Balaban J connectivity index is 1.52. The molecule has 2 nitrogen and oxygen atoms in total. The first kappa shape index (κ1) is 16.3. The molecule has 0 bridgehead atoms. The van der Waals surface area contributed by atoms with Crippen LogP contribution in [0.2, 0.25) is 0 Å². The first-order valence-electron chi connectivity index (χ1n) is 8.80. The van der Waals surface area contributed by atoms with Crippen molar-refractivity contribution in [3.8, 4) is 0 Å². The third-order valence-corrected chi connectivity index (χ3v) is 6.08. The maximum Gasteiger partial charge on any atom is 0.265 e. The van der Waals surface area contributed by atoms with Gasteiger partial charge in [-0.2, -0.15) is 0 Å². The highest BCUT2D eigenvalue weighted by molar-refractivity contribution is 7.20. The monoisotopic (exact) mass is 353 g/mol. The number of carbonyl (C=O) groups is 1. The van der Waals surface area contributed by atoms with E-state index in [-0.39, 0.29) is 17.4 Å². The lowest BCUT2D eigenvalue weighted by Gasteiger charge is -2.22. The van der Waals surface area contributed by atoms with Crippen LogP contribution in [-0.4, -0.2) is 5.91 Å². The number of rotatable bonds is 3. The molecule has 2 aromatic carbocycles. The van der Waals surface area contributed by atoms with E-state index in [4.69, 9.17) is 0 Å². The van der Waals surface area contributed by atoms with Gasteiger partial charge in [0.2, 0.25) is 0 Å². The molecular weight excluding hydrogens is 333 g/mol.